The first-order chi connectivity index (χ1) is 6.74. The van der Waals surface area contributed by atoms with Gasteiger partial charge in [0.15, 0.2) is 0 Å². The summed E-state index contributed by atoms with van der Waals surface area (Å²) >= 11 is 0. The van der Waals surface area contributed by atoms with Crippen molar-refractivity contribution in [3.63, 3.8) is 0 Å². The molecule has 0 heteroatoms. The first kappa shape index (κ1) is 10.5. The molecule has 4 unspecified atom stereocenters. The minimum Gasteiger partial charge on any atom is -0.0654 e. The third-order valence-electron chi connectivity index (χ3n) is 4.96. The Balaban J connectivity index is 1.86. The lowest BCUT2D eigenvalue weighted by atomic mass is 9.52. The molecule has 2 aliphatic rings. The van der Waals surface area contributed by atoms with E-state index >= 15 is 0 Å². The first-order valence-corrected chi connectivity index (χ1v) is 6.74. The molecular formula is C14H26. The van der Waals surface area contributed by atoms with Crippen molar-refractivity contribution in [1.82, 2.24) is 0 Å². The summed E-state index contributed by atoms with van der Waals surface area (Å²) < 4.78 is 0. The van der Waals surface area contributed by atoms with Gasteiger partial charge in [0.05, 0.1) is 0 Å². The lowest BCUT2D eigenvalue weighted by Gasteiger charge is -2.53. The van der Waals surface area contributed by atoms with E-state index in [-0.39, 0.29) is 0 Å². The zero-order chi connectivity index (χ0) is 10.1. The third-order valence-corrected chi connectivity index (χ3v) is 4.96. The molecule has 2 fully saturated rings. The molecule has 4 atom stereocenters. The monoisotopic (exact) mass is 194 g/mol. The van der Waals surface area contributed by atoms with Crippen molar-refractivity contribution in [2.45, 2.75) is 59.3 Å². The Hall–Kier alpha value is 0. The summed E-state index contributed by atoms with van der Waals surface area (Å²) in [4.78, 5) is 0. The Morgan fingerprint density at radius 3 is 2.43 bits per heavy atom. The average Bonchev–Trinajstić information content (AvgIpc) is 2.07. The Kier molecular flexibility index (Phi) is 3.19. The molecule has 0 aromatic rings. The van der Waals surface area contributed by atoms with Crippen LogP contribution in [0.4, 0.5) is 0 Å². The summed E-state index contributed by atoms with van der Waals surface area (Å²) in [5.41, 5.74) is 0. The van der Waals surface area contributed by atoms with E-state index in [1.165, 1.54) is 25.7 Å². The number of rotatable bonds is 4. The molecule has 0 radical (unpaired) electrons. The Labute approximate surface area is 89.5 Å². The smallest absolute Gasteiger partial charge is 0.0329 e. The average molecular weight is 194 g/mol. The first-order valence-electron chi connectivity index (χ1n) is 6.74. The molecule has 14 heavy (non-hydrogen) atoms. The lowest BCUT2D eigenvalue weighted by Crippen LogP contribution is -2.45. The van der Waals surface area contributed by atoms with E-state index in [9.17, 15) is 0 Å². The van der Waals surface area contributed by atoms with Gasteiger partial charge in [0.25, 0.3) is 0 Å². The zero-order valence-electron chi connectivity index (χ0n) is 10.1. The Bertz CT molecular complexity index is 180. The van der Waals surface area contributed by atoms with Gasteiger partial charge >= 0.3 is 0 Å². The zero-order valence-corrected chi connectivity index (χ0v) is 10.1. The van der Waals surface area contributed by atoms with E-state index in [0.717, 1.165) is 29.6 Å². The van der Waals surface area contributed by atoms with Crippen molar-refractivity contribution in [2.75, 3.05) is 0 Å². The standard InChI is InChI=1S/C14H26/c1-4-6-10(2)13-9-11(3)14(13)12-7-5-8-12/h10-14H,4-9H2,1-3H3. The highest BCUT2D eigenvalue weighted by atomic mass is 14.5. The molecule has 2 saturated carbocycles. The summed E-state index contributed by atoms with van der Waals surface area (Å²) in [5.74, 6) is 5.38. The fraction of sp³-hybridized carbons (Fsp3) is 1.00. The van der Waals surface area contributed by atoms with Crippen molar-refractivity contribution in [2.24, 2.45) is 29.6 Å². The maximum atomic E-state index is 2.49. The maximum absolute atomic E-state index is 2.49. The Morgan fingerprint density at radius 2 is 2.00 bits per heavy atom. The largest absolute Gasteiger partial charge is 0.0654 e. The highest BCUT2D eigenvalue weighted by Crippen LogP contribution is 2.54. The summed E-state index contributed by atoms with van der Waals surface area (Å²) in [5, 5.41) is 0. The van der Waals surface area contributed by atoms with Gasteiger partial charge in [-0.05, 0) is 36.0 Å². The molecule has 0 bridgehead atoms. The van der Waals surface area contributed by atoms with E-state index in [1.807, 2.05) is 0 Å². The van der Waals surface area contributed by atoms with Gasteiger partial charge in [0.2, 0.25) is 0 Å². The number of hydrogen-bond donors (Lipinski definition) is 0. The van der Waals surface area contributed by atoms with Crippen LogP contribution >= 0.6 is 0 Å². The van der Waals surface area contributed by atoms with Crippen LogP contribution in [0, 0.1) is 29.6 Å². The summed E-state index contributed by atoms with van der Waals surface area (Å²) in [6.45, 7) is 7.31. The summed E-state index contributed by atoms with van der Waals surface area (Å²) in [7, 11) is 0. The second-order valence-electron chi connectivity index (χ2n) is 5.91. The molecule has 0 heterocycles. The van der Waals surface area contributed by atoms with E-state index in [0.29, 0.717) is 0 Å². The second kappa shape index (κ2) is 4.24. The van der Waals surface area contributed by atoms with E-state index in [2.05, 4.69) is 20.8 Å². The topological polar surface area (TPSA) is 0 Å². The SMILES string of the molecule is CCCC(C)C1CC(C)C1C1CCC1. The van der Waals surface area contributed by atoms with Crippen LogP contribution in [0.3, 0.4) is 0 Å². The van der Waals surface area contributed by atoms with Gasteiger partial charge < -0.3 is 0 Å². The van der Waals surface area contributed by atoms with Crippen LogP contribution in [0.5, 0.6) is 0 Å². The van der Waals surface area contributed by atoms with Gasteiger partial charge in [-0.1, -0.05) is 52.9 Å². The minimum absolute atomic E-state index is 1.00. The molecule has 82 valence electrons. The molecule has 2 rings (SSSR count). The van der Waals surface area contributed by atoms with Crippen LogP contribution < -0.4 is 0 Å². The molecule has 0 nitrogen and oxygen atoms in total. The highest BCUT2D eigenvalue weighted by molar-refractivity contribution is 4.95. The quantitative estimate of drug-likeness (QED) is 0.618. The van der Waals surface area contributed by atoms with Gasteiger partial charge in [-0.25, -0.2) is 0 Å². The molecule has 0 aromatic heterocycles. The van der Waals surface area contributed by atoms with Crippen LogP contribution in [0.15, 0.2) is 0 Å². The van der Waals surface area contributed by atoms with Crippen molar-refractivity contribution in [3.8, 4) is 0 Å². The molecular weight excluding hydrogens is 168 g/mol. The molecule has 0 spiro atoms. The summed E-state index contributed by atoms with van der Waals surface area (Å²) in [6, 6.07) is 0. The van der Waals surface area contributed by atoms with Gasteiger partial charge in [-0.3, -0.25) is 0 Å². The Morgan fingerprint density at radius 1 is 1.29 bits per heavy atom. The van der Waals surface area contributed by atoms with Crippen LogP contribution in [0.2, 0.25) is 0 Å². The van der Waals surface area contributed by atoms with Crippen LogP contribution in [-0.4, -0.2) is 0 Å². The third kappa shape index (κ3) is 1.73. The van der Waals surface area contributed by atoms with Crippen molar-refractivity contribution >= 4 is 0 Å². The van der Waals surface area contributed by atoms with Gasteiger partial charge in [0, 0.05) is 0 Å². The van der Waals surface area contributed by atoms with E-state index in [1.54, 1.807) is 12.8 Å². The molecule has 2 aliphatic carbocycles. The molecule has 0 amide bonds. The van der Waals surface area contributed by atoms with Crippen LogP contribution in [0.1, 0.15) is 59.3 Å². The van der Waals surface area contributed by atoms with Crippen molar-refractivity contribution < 1.29 is 0 Å². The molecule has 0 N–H and O–H groups in total. The predicted molar refractivity (Wildman–Crippen MR) is 62.2 cm³/mol. The van der Waals surface area contributed by atoms with E-state index in [4.69, 9.17) is 0 Å². The lowest BCUT2D eigenvalue weighted by molar-refractivity contribution is -0.0353. The van der Waals surface area contributed by atoms with Crippen LogP contribution in [0.25, 0.3) is 0 Å². The van der Waals surface area contributed by atoms with E-state index < -0.39 is 0 Å². The minimum atomic E-state index is 1.00. The fourth-order valence-corrected chi connectivity index (χ4v) is 3.89. The van der Waals surface area contributed by atoms with Gasteiger partial charge in [-0.15, -0.1) is 0 Å². The molecule has 0 aliphatic heterocycles. The fourth-order valence-electron chi connectivity index (χ4n) is 3.89. The van der Waals surface area contributed by atoms with Crippen molar-refractivity contribution in [3.05, 3.63) is 0 Å². The van der Waals surface area contributed by atoms with Crippen molar-refractivity contribution in [1.29, 1.82) is 0 Å². The second-order valence-corrected chi connectivity index (χ2v) is 5.91. The number of hydrogen-bond acceptors (Lipinski definition) is 0. The molecule has 0 aromatic carbocycles. The summed E-state index contributed by atoms with van der Waals surface area (Å²) in [6.07, 6.45) is 8.98. The van der Waals surface area contributed by atoms with Gasteiger partial charge in [0.1, 0.15) is 0 Å². The maximum Gasteiger partial charge on any atom is -0.0329 e. The normalized spacial score (nSPS) is 40.1. The highest BCUT2D eigenvalue weighted by Gasteiger charge is 2.46. The molecule has 0 saturated heterocycles. The predicted octanol–water partition coefficient (Wildman–Crippen LogP) is 4.49. The van der Waals surface area contributed by atoms with Gasteiger partial charge in [-0.2, -0.15) is 0 Å². The van der Waals surface area contributed by atoms with Crippen LogP contribution in [-0.2, 0) is 0 Å².